The second-order valence-corrected chi connectivity index (χ2v) is 5.22. The summed E-state index contributed by atoms with van der Waals surface area (Å²) in [5.74, 6) is -1.56. The Kier molecular flexibility index (Phi) is 4.40. The summed E-state index contributed by atoms with van der Waals surface area (Å²) in [5, 5.41) is 0. The first-order chi connectivity index (χ1) is 9.95. The van der Waals surface area contributed by atoms with Gasteiger partial charge in [-0.3, -0.25) is 14.5 Å². The van der Waals surface area contributed by atoms with E-state index in [2.05, 4.69) is 0 Å². The summed E-state index contributed by atoms with van der Waals surface area (Å²) in [5.41, 5.74) is 1.67. The fourth-order valence-corrected chi connectivity index (χ4v) is 2.61. The third kappa shape index (κ3) is 2.96. The van der Waals surface area contributed by atoms with Crippen LogP contribution in [-0.4, -0.2) is 30.3 Å². The van der Waals surface area contributed by atoms with Crippen LogP contribution >= 0.6 is 0 Å². The Hall–Kier alpha value is -2.17. The van der Waals surface area contributed by atoms with E-state index in [0.29, 0.717) is 5.69 Å². The Balaban J connectivity index is 2.40. The van der Waals surface area contributed by atoms with Gasteiger partial charge in [0.25, 0.3) is 0 Å². The average Bonchev–Trinajstić information content (AvgIpc) is 2.78. The Morgan fingerprint density at radius 2 is 1.90 bits per heavy atom. The largest absolute Gasteiger partial charge is 0.464 e. The topological polar surface area (TPSA) is 63.7 Å². The Bertz CT molecular complexity index is 564. The maximum atomic E-state index is 12.3. The number of ether oxygens (including phenoxy) is 1. The number of anilines is 1. The van der Waals surface area contributed by atoms with Crippen LogP contribution in [0.1, 0.15) is 25.8 Å². The molecule has 1 aromatic rings. The number of hydrogen-bond acceptors (Lipinski definition) is 4. The summed E-state index contributed by atoms with van der Waals surface area (Å²) >= 11 is 0. The smallest absolute Gasteiger partial charge is 0.330 e. The molecule has 5 heteroatoms. The molecule has 1 aliphatic rings. The predicted molar refractivity (Wildman–Crippen MR) is 77.9 cm³/mol. The summed E-state index contributed by atoms with van der Waals surface area (Å²) in [6.07, 6.45) is 0.0483. The summed E-state index contributed by atoms with van der Waals surface area (Å²) in [4.78, 5) is 37.6. The van der Waals surface area contributed by atoms with Gasteiger partial charge in [0.2, 0.25) is 5.91 Å². The van der Waals surface area contributed by atoms with Crippen LogP contribution in [0.4, 0.5) is 5.69 Å². The first-order valence-electron chi connectivity index (χ1n) is 7.01. The molecule has 0 spiro atoms. The first-order valence-corrected chi connectivity index (χ1v) is 7.01. The molecule has 0 bridgehead atoms. The number of rotatable bonds is 4. The highest BCUT2D eigenvalue weighted by molar-refractivity contribution is 6.07. The fraction of sp³-hybridized carbons (Fsp3) is 0.438. The average molecular weight is 289 g/mol. The van der Waals surface area contributed by atoms with Crippen molar-refractivity contribution in [2.24, 2.45) is 5.92 Å². The number of ketones is 1. The van der Waals surface area contributed by atoms with Crippen LogP contribution < -0.4 is 4.90 Å². The van der Waals surface area contributed by atoms with E-state index in [9.17, 15) is 14.4 Å². The van der Waals surface area contributed by atoms with Crippen molar-refractivity contribution in [1.29, 1.82) is 0 Å². The highest BCUT2D eigenvalue weighted by Crippen LogP contribution is 2.32. The molecule has 0 radical (unpaired) electrons. The Labute approximate surface area is 123 Å². The normalized spacial score (nSPS) is 21.5. The molecule has 0 saturated carbocycles. The number of nitrogens with zero attached hydrogens (tertiary/aromatic N) is 1. The monoisotopic (exact) mass is 289 g/mol. The number of amides is 1. The van der Waals surface area contributed by atoms with Crippen LogP contribution in [0.2, 0.25) is 0 Å². The molecular weight excluding hydrogens is 270 g/mol. The number of carbonyl (C=O) groups is 3. The minimum absolute atomic E-state index is 0.0483. The number of Topliss-reactive ketones (excluding diaryl/α,β-unsaturated/α-hetero) is 1. The lowest BCUT2D eigenvalue weighted by Gasteiger charge is -2.25. The van der Waals surface area contributed by atoms with E-state index in [0.717, 1.165) is 5.56 Å². The molecular formula is C16H19NO4. The molecule has 5 nitrogen and oxygen atoms in total. The van der Waals surface area contributed by atoms with E-state index in [1.807, 2.05) is 19.1 Å². The molecule has 0 aromatic heterocycles. The van der Waals surface area contributed by atoms with E-state index in [4.69, 9.17) is 4.74 Å². The molecule has 1 amide bonds. The van der Waals surface area contributed by atoms with Crippen LogP contribution in [0, 0.1) is 12.8 Å². The summed E-state index contributed by atoms with van der Waals surface area (Å²) < 4.78 is 5.04. The van der Waals surface area contributed by atoms with Gasteiger partial charge in [-0.1, -0.05) is 17.7 Å². The van der Waals surface area contributed by atoms with E-state index in [-0.39, 0.29) is 24.7 Å². The molecule has 21 heavy (non-hydrogen) atoms. The number of hydrogen-bond donors (Lipinski definition) is 0. The minimum Gasteiger partial charge on any atom is -0.464 e. The number of esters is 1. The summed E-state index contributed by atoms with van der Waals surface area (Å²) in [6.45, 7) is 5.27. The Morgan fingerprint density at radius 1 is 1.29 bits per heavy atom. The molecule has 2 unspecified atom stereocenters. The molecule has 0 N–H and O–H groups in total. The minimum atomic E-state index is -0.863. The number of benzene rings is 1. The van der Waals surface area contributed by atoms with Crippen molar-refractivity contribution in [3.63, 3.8) is 0 Å². The standard InChI is InChI=1S/C16H19NO4/c1-4-21-16(20)15-13(11(3)18)9-14(19)17(15)12-7-5-10(2)6-8-12/h5-8,13,15H,4,9H2,1-3H3. The van der Waals surface area contributed by atoms with Gasteiger partial charge >= 0.3 is 5.97 Å². The third-order valence-corrected chi connectivity index (χ3v) is 3.68. The second kappa shape index (κ2) is 6.08. The molecule has 1 aromatic carbocycles. The van der Waals surface area contributed by atoms with Gasteiger partial charge in [0.15, 0.2) is 0 Å². The third-order valence-electron chi connectivity index (χ3n) is 3.68. The maximum Gasteiger partial charge on any atom is 0.330 e. The number of carbonyl (C=O) groups excluding carboxylic acids is 3. The van der Waals surface area contributed by atoms with Gasteiger partial charge in [-0.05, 0) is 32.9 Å². The summed E-state index contributed by atoms with van der Waals surface area (Å²) in [6, 6.07) is 6.43. The zero-order valence-corrected chi connectivity index (χ0v) is 12.5. The van der Waals surface area contributed by atoms with E-state index in [1.165, 1.54) is 11.8 Å². The lowest BCUT2D eigenvalue weighted by molar-refractivity contribution is -0.147. The van der Waals surface area contributed by atoms with Crippen molar-refractivity contribution < 1.29 is 19.1 Å². The first kappa shape index (κ1) is 15.2. The van der Waals surface area contributed by atoms with Crippen LogP contribution in [0.25, 0.3) is 0 Å². The van der Waals surface area contributed by atoms with Crippen molar-refractivity contribution in [3.05, 3.63) is 29.8 Å². The molecule has 2 atom stereocenters. The van der Waals surface area contributed by atoms with Crippen LogP contribution in [-0.2, 0) is 19.1 Å². The molecule has 112 valence electrons. The Morgan fingerprint density at radius 3 is 2.43 bits per heavy atom. The maximum absolute atomic E-state index is 12.3. The van der Waals surface area contributed by atoms with Crippen LogP contribution in [0.5, 0.6) is 0 Å². The molecule has 1 fully saturated rings. The van der Waals surface area contributed by atoms with Gasteiger partial charge in [-0.15, -0.1) is 0 Å². The predicted octanol–water partition coefficient (Wildman–Crippen LogP) is 1.87. The molecule has 1 saturated heterocycles. The molecule has 2 rings (SSSR count). The zero-order valence-electron chi connectivity index (χ0n) is 12.5. The summed E-state index contributed by atoms with van der Waals surface area (Å²) in [7, 11) is 0. The van der Waals surface area contributed by atoms with Gasteiger partial charge in [0, 0.05) is 12.1 Å². The van der Waals surface area contributed by atoms with E-state index >= 15 is 0 Å². The molecule has 0 aliphatic carbocycles. The van der Waals surface area contributed by atoms with Crippen molar-refractivity contribution >= 4 is 23.3 Å². The van der Waals surface area contributed by atoms with Crippen LogP contribution in [0.15, 0.2) is 24.3 Å². The number of aryl methyl sites for hydroxylation is 1. The molecule has 1 heterocycles. The van der Waals surface area contributed by atoms with Gasteiger partial charge in [-0.2, -0.15) is 0 Å². The van der Waals surface area contributed by atoms with Gasteiger partial charge in [0.05, 0.1) is 12.5 Å². The van der Waals surface area contributed by atoms with Gasteiger partial charge in [-0.25, -0.2) is 4.79 Å². The van der Waals surface area contributed by atoms with E-state index < -0.39 is 17.9 Å². The highest BCUT2D eigenvalue weighted by atomic mass is 16.5. The molecule has 1 aliphatic heterocycles. The van der Waals surface area contributed by atoms with Crippen molar-refractivity contribution in [2.75, 3.05) is 11.5 Å². The van der Waals surface area contributed by atoms with Crippen molar-refractivity contribution in [2.45, 2.75) is 33.2 Å². The van der Waals surface area contributed by atoms with E-state index in [1.54, 1.807) is 19.1 Å². The lowest BCUT2D eigenvalue weighted by Crippen LogP contribution is -2.44. The quantitative estimate of drug-likeness (QED) is 0.794. The van der Waals surface area contributed by atoms with Crippen molar-refractivity contribution in [3.8, 4) is 0 Å². The van der Waals surface area contributed by atoms with Gasteiger partial charge < -0.3 is 4.74 Å². The second-order valence-electron chi connectivity index (χ2n) is 5.22. The van der Waals surface area contributed by atoms with Crippen molar-refractivity contribution in [1.82, 2.24) is 0 Å². The lowest BCUT2D eigenvalue weighted by atomic mass is 9.96. The van der Waals surface area contributed by atoms with Crippen LogP contribution in [0.3, 0.4) is 0 Å². The SMILES string of the molecule is CCOC(=O)C1C(C(C)=O)CC(=O)N1c1ccc(C)cc1. The zero-order chi connectivity index (χ0) is 15.6. The highest BCUT2D eigenvalue weighted by Gasteiger charge is 2.47. The fourth-order valence-electron chi connectivity index (χ4n) is 2.61. The van der Waals surface area contributed by atoms with Gasteiger partial charge in [0.1, 0.15) is 11.8 Å².